The lowest BCUT2D eigenvalue weighted by Crippen LogP contribution is -2.27. The number of hydrogen-bond donors (Lipinski definition) is 2. The Morgan fingerprint density at radius 1 is 1.29 bits per heavy atom. The molecule has 7 nitrogen and oxygen atoms in total. The van der Waals surface area contributed by atoms with Gasteiger partial charge in [-0.05, 0) is 29.2 Å². The molecule has 0 radical (unpaired) electrons. The Balaban J connectivity index is 1.80. The van der Waals surface area contributed by atoms with Crippen LogP contribution in [0.2, 0.25) is 0 Å². The van der Waals surface area contributed by atoms with Crippen LogP contribution in [0.25, 0.3) is 0 Å². The van der Waals surface area contributed by atoms with Crippen LogP contribution in [0.3, 0.4) is 0 Å². The third kappa shape index (κ3) is 4.93. The molecule has 8 heteroatoms. The number of hydrogen-bond acceptors (Lipinski definition) is 6. The van der Waals surface area contributed by atoms with Gasteiger partial charge < -0.3 is 9.76 Å². The van der Waals surface area contributed by atoms with Crippen LogP contribution in [0.1, 0.15) is 11.1 Å². The lowest BCUT2D eigenvalue weighted by atomic mass is 9.75. The number of benzene rings is 2. The van der Waals surface area contributed by atoms with E-state index in [2.05, 4.69) is 10.4 Å². The first-order valence-electron chi connectivity index (χ1n) is 7.15. The van der Waals surface area contributed by atoms with E-state index in [1.54, 1.807) is 48.5 Å². The summed E-state index contributed by atoms with van der Waals surface area (Å²) in [4.78, 5) is 21.9. The molecule has 0 bridgehead atoms. The molecular formula is C16H14BN3O4. The van der Waals surface area contributed by atoms with Gasteiger partial charge in [0.15, 0.2) is 0 Å². The van der Waals surface area contributed by atoms with Crippen molar-refractivity contribution in [2.75, 3.05) is 11.9 Å². The van der Waals surface area contributed by atoms with Gasteiger partial charge in [0.2, 0.25) is 0 Å². The molecule has 0 saturated carbocycles. The summed E-state index contributed by atoms with van der Waals surface area (Å²) in [5.74, 6) is 0. The zero-order valence-corrected chi connectivity index (χ0v) is 12.7. The van der Waals surface area contributed by atoms with E-state index in [1.807, 2.05) is 6.07 Å². The van der Waals surface area contributed by atoms with Crippen molar-refractivity contribution in [1.29, 1.82) is 5.26 Å². The van der Waals surface area contributed by atoms with E-state index in [1.165, 1.54) is 0 Å². The Bertz CT molecular complexity index is 759. The second kappa shape index (κ2) is 8.46. The van der Waals surface area contributed by atoms with Crippen molar-refractivity contribution in [3.8, 4) is 6.07 Å². The van der Waals surface area contributed by atoms with Gasteiger partial charge in [0.25, 0.3) is 0 Å². The Labute approximate surface area is 139 Å². The van der Waals surface area contributed by atoms with Crippen molar-refractivity contribution in [3.63, 3.8) is 0 Å². The van der Waals surface area contributed by atoms with Crippen molar-refractivity contribution in [2.24, 2.45) is 5.09 Å². The summed E-state index contributed by atoms with van der Waals surface area (Å²) in [6.45, 7) is 0.164. The van der Waals surface area contributed by atoms with Gasteiger partial charge in [0.1, 0.15) is 0 Å². The average molecular weight is 323 g/mol. The van der Waals surface area contributed by atoms with E-state index in [4.69, 9.17) is 10.00 Å². The molecule has 0 aromatic heterocycles. The number of nitrogens with zero attached hydrogens (tertiary/aromatic N) is 2. The number of nitrogens with one attached hydrogen (secondary N) is 1. The van der Waals surface area contributed by atoms with Crippen molar-refractivity contribution in [1.82, 2.24) is 0 Å². The fourth-order valence-corrected chi connectivity index (χ4v) is 2.00. The smallest absolute Gasteiger partial charge is 0.449 e. The van der Waals surface area contributed by atoms with E-state index in [0.29, 0.717) is 23.1 Å². The van der Waals surface area contributed by atoms with Gasteiger partial charge >= 0.3 is 13.1 Å². The average Bonchev–Trinajstić information content (AvgIpc) is 2.61. The predicted molar refractivity (Wildman–Crippen MR) is 89.7 cm³/mol. The predicted octanol–water partition coefficient (Wildman–Crippen LogP) is 1.80. The molecule has 0 spiro atoms. The number of anilines is 1. The number of amides is 1. The summed E-state index contributed by atoms with van der Waals surface area (Å²) in [5.41, 5.74) is 2.22. The highest BCUT2D eigenvalue weighted by molar-refractivity contribution is 6.64. The van der Waals surface area contributed by atoms with Crippen LogP contribution < -0.4 is 10.8 Å². The number of carbonyl (C=O) groups excluding carboxylic acids is 1. The van der Waals surface area contributed by atoms with Crippen LogP contribution in [0.5, 0.6) is 0 Å². The molecule has 0 aliphatic heterocycles. The maximum Gasteiger partial charge on any atom is 0.517 e. The number of rotatable bonds is 6. The maximum absolute atomic E-state index is 11.7. The molecule has 0 aliphatic rings. The summed E-state index contributed by atoms with van der Waals surface area (Å²) in [7, 11) is -1.37. The van der Waals surface area contributed by atoms with E-state index < -0.39 is 13.1 Å². The highest BCUT2D eigenvalue weighted by atomic mass is 16.5. The molecule has 2 aromatic carbocycles. The van der Waals surface area contributed by atoms with Gasteiger partial charge in [0, 0.05) is 12.1 Å². The molecule has 0 heterocycles. The topological polar surface area (TPSA) is 112 Å². The van der Waals surface area contributed by atoms with E-state index in [-0.39, 0.29) is 6.61 Å². The lowest BCUT2D eigenvalue weighted by molar-refractivity contribution is 0.163. The molecule has 0 saturated heterocycles. The molecule has 0 aliphatic carbocycles. The summed E-state index contributed by atoms with van der Waals surface area (Å²) >= 11 is 0. The molecular weight excluding hydrogens is 309 g/mol. The molecule has 0 atom stereocenters. The van der Waals surface area contributed by atoms with Crippen LogP contribution in [0, 0.1) is 16.2 Å². The van der Waals surface area contributed by atoms with Gasteiger partial charge in [-0.15, -0.1) is 0 Å². The minimum Gasteiger partial charge on any atom is -0.449 e. The summed E-state index contributed by atoms with van der Waals surface area (Å²) in [5, 5.41) is 23.1. The second-order valence-electron chi connectivity index (χ2n) is 4.92. The van der Waals surface area contributed by atoms with Gasteiger partial charge in [0.05, 0.1) is 18.2 Å². The van der Waals surface area contributed by atoms with E-state index in [0.717, 1.165) is 5.56 Å². The zero-order valence-electron chi connectivity index (χ0n) is 12.7. The first-order valence-corrected chi connectivity index (χ1v) is 7.15. The maximum atomic E-state index is 11.7. The standard InChI is InChI=1S/C16H14BN3O4/c18-11-13-2-1-3-15(10-13)19-16(21)24-9-8-12-4-6-14(7-5-12)17(22)20-23/h1-7,10,22H,8-9H2,(H,19,21). The molecule has 2 N–H and O–H groups in total. The second-order valence-corrected chi connectivity index (χ2v) is 4.92. The van der Waals surface area contributed by atoms with Crippen molar-refractivity contribution in [3.05, 3.63) is 64.6 Å². The third-order valence-corrected chi connectivity index (χ3v) is 3.24. The largest absolute Gasteiger partial charge is 0.517 e. The lowest BCUT2D eigenvalue weighted by Gasteiger charge is -2.07. The van der Waals surface area contributed by atoms with Crippen LogP contribution in [0.4, 0.5) is 10.5 Å². The molecule has 2 rings (SSSR count). The summed E-state index contributed by atoms with van der Waals surface area (Å²) in [6.07, 6.45) is -0.126. The van der Waals surface area contributed by atoms with E-state index in [9.17, 15) is 14.7 Å². The van der Waals surface area contributed by atoms with Gasteiger partial charge in [-0.2, -0.15) is 10.2 Å². The van der Waals surface area contributed by atoms with Crippen LogP contribution in [-0.4, -0.2) is 24.8 Å². The van der Waals surface area contributed by atoms with E-state index >= 15 is 0 Å². The number of nitroso groups, excluding NO2 is 1. The first kappa shape index (κ1) is 17.2. The van der Waals surface area contributed by atoms with Crippen molar-refractivity contribution < 1.29 is 14.6 Å². The highest BCUT2D eigenvalue weighted by Gasteiger charge is 2.14. The van der Waals surface area contributed by atoms with Crippen LogP contribution >= 0.6 is 0 Å². The first-order chi connectivity index (χ1) is 11.6. The monoisotopic (exact) mass is 323 g/mol. The molecule has 2 aromatic rings. The Kier molecular flexibility index (Phi) is 6.05. The quantitative estimate of drug-likeness (QED) is 0.622. The minimum absolute atomic E-state index is 0.164. The zero-order chi connectivity index (χ0) is 17.4. The summed E-state index contributed by atoms with van der Waals surface area (Å²) < 4.78 is 5.07. The Morgan fingerprint density at radius 3 is 2.71 bits per heavy atom. The molecule has 120 valence electrons. The third-order valence-electron chi connectivity index (χ3n) is 3.24. The molecule has 24 heavy (non-hydrogen) atoms. The number of nitriles is 1. The van der Waals surface area contributed by atoms with Gasteiger partial charge in [-0.25, -0.2) is 4.79 Å². The molecule has 0 fully saturated rings. The fourth-order valence-electron chi connectivity index (χ4n) is 2.00. The molecule has 0 unspecified atom stereocenters. The number of carbonyl (C=O) groups is 1. The van der Waals surface area contributed by atoms with Crippen LogP contribution in [-0.2, 0) is 11.2 Å². The molecule has 1 amide bonds. The normalized spacial score (nSPS) is 9.67. The van der Waals surface area contributed by atoms with Gasteiger partial charge in [-0.1, -0.05) is 35.4 Å². The Morgan fingerprint density at radius 2 is 2.04 bits per heavy atom. The number of ether oxygens (including phenoxy) is 1. The van der Waals surface area contributed by atoms with Gasteiger partial charge in [-0.3, -0.25) is 5.32 Å². The SMILES string of the molecule is N#Cc1cccc(NC(=O)OCCc2ccc(B(O)N=O)cc2)c1. The van der Waals surface area contributed by atoms with Crippen molar-refractivity contribution >= 4 is 24.3 Å². The Hall–Kier alpha value is -3.18. The fraction of sp³-hybridized carbons (Fsp3) is 0.125. The van der Waals surface area contributed by atoms with Crippen molar-refractivity contribution in [2.45, 2.75) is 6.42 Å². The van der Waals surface area contributed by atoms with Crippen LogP contribution in [0.15, 0.2) is 53.6 Å². The highest BCUT2D eigenvalue weighted by Crippen LogP contribution is 2.10. The minimum atomic E-state index is -1.37. The summed E-state index contributed by atoms with van der Waals surface area (Å²) in [6, 6.07) is 15.1.